The summed E-state index contributed by atoms with van der Waals surface area (Å²) in [5.41, 5.74) is 1.60. The molecule has 0 aliphatic heterocycles. The molecular weight excluding hydrogens is 455 g/mol. The molecule has 2 heterocycles. The van der Waals surface area contributed by atoms with Gasteiger partial charge in [0, 0.05) is 6.20 Å². The summed E-state index contributed by atoms with van der Waals surface area (Å²) in [6, 6.07) is 15.7. The molecule has 0 fully saturated rings. The minimum Gasteiger partial charge on any atom is -0.323 e. The molecule has 0 saturated carbocycles. The van der Waals surface area contributed by atoms with Crippen LogP contribution in [-0.2, 0) is 4.79 Å². The lowest BCUT2D eigenvalue weighted by Crippen LogP contribution is -2.23. The van der Waals surface area contributed by atoms with Crippen LogP contribution in [-0.4, -0.2) is 26.2 Å². The van der Waals surface area contributed by atoms with E-state index in [1.54, 1.807) is 48.7 Å². The van der Waals surface area contributed by atoms with Gasteiger partial charge >= 0.3 is 0 Å². The number of rotatable bonds is 5. The highest BCUT2D eigenvalue weighted by atomic mass is 35.5. The fourth-order valence-electron chi connectivity index (χ4n) is 2.98. The monoisotopic (exact) mass is 470 g/mol. The van der Waals surface area contributed by atoms with Crippen LogP contribution in [0.1, 0.15) is 5.56 Å². The second kappa shape index (κ2) is 9.09. The lowest BCUT2D eigenvalue weighted by Gasteiger charge is -2.13. The van der Waals surface area contributed by atoms with Gasteiger partial charge in [0.1, 0.15) is 5.82 Å². The van der Waals surface area contributed by atoms with Crippen LogP contribution in [0.4, 0.5) is 5.69 Å². The summed E-state index contributed by atoms with van der Waals surface area (Å²) < 4.78 is 1.43. The number of carbonyl (C=O) groups is 1. The van der Waals surface area contributed by atoms with Gasteiger partial charge in [-0.05, 0) is 48.9 Å². The number of aryl methyl sites for hydroxylation is 1. The highest BCUT2D eigenvalue weighted by Crippen LogP contribution is 2.30. The van der Waals surface area contributed by atoms with Crippen molar-refractivity contribution < 1.29 is 4.79 Å². The van der Waals surface area contributed by atoms with Gasteiger partial charge in [-0.2, -0.15) is 0 Å². The van der Waals surface area contributed by atoms with Crippen LogP contribution in [0.2, 0.25) is 10.0 Å². The topological polar surface area (TPSA) is 76.9 Å². The van der Waals surface area contributed by atoms with Gasteiger partial charge in [-0.3, -0.25) is 9.59 Å². The molecule has 6 nitrogen and oxygen atoms in total. The molecule has 0 saturated heterocycles. The lowest BCUT2D eigenvalue weighted by molar-refractivity contribution is -0.113. The number of amides is 1. The summed E-state index contributed by atoms with van der Waals surface area (Å²) in [5.74, 6) is 0.115. The Morgan fingerprint density at radius 2 is 1.84 bits per heavy atom. The molecule has 9 heteroatoms. The van der Waals surface area contributed by atoms with Gasteiger partial charge in [-0.15, -0.1) is 0 Å². The Kier molecular flexibility index (Phi) is 6.27. The Morgan fingerprint density at radius 3 is 2.58 bits per heavy atom. The number of fused-ring (bicyclic) bond motifs is 1. The van der Waals surface area contributed by atoms with Crippen molar-refractivity contribution in [3.8, 4) is 5.82 Å². The van der Waals surface area contributed by atoms with E-state index in [1.807, 2.05) is 19.1 Å². The molecule has 0 aliphatic carbocycles. The smallest absolute Gasteiger partial charge is 0.267 e. The molecule has 4 rings (SSSR count). The number of aromatic nitrogens is 3. The van der Waals surface area contributed by atoms with E-state index < -0.39 is 0 Å². The van der Waals surface area contributed by atoms with E-state index in [0.29, 0.717) is 37.6 Å². The highest BCUT2D eigenvalue weighted by Gasteiger charge is 2.16. The number of carbonyl (C=O) groups excluding carboxylic acids is 1. The first-order chi connectivity index (χ1) is 14.9. The third-order valence-corrected chi connectivity index (χ3v) is 6.00. The maximum atomic E-state index is 13.2. The molecule has 0 unspecified atom stereocenters. The predicted molar refractivity (Wildman–Crippen MR) is 126 cm³/mol. The van der Waals surface area contributed by atoms with Crippen molar-refractivity contribution in [2.24, 2.45) is 0 Å². The number of anilines is 1. The third kappa shape index (κ3) is 4.58. The van der Waals surface area contributed by atoms with Crippen LogP contribution >= 0.6 is 35.0 Å². The zero-order valence-electron chi connectivity index (χ0n) is 16.3. The quantitative estimate of drug-likeness (QED) is 0.323. The average Bonchev–Trinajstić information content (AvgIpc) is 2.75. The van der Waals surface area contributed by atoms with Crippen LogP contribution in [0.5, 0.6) is 0 Å². The first-order valence-corrected chi connectivity index (χ1v) is 11.0. The van der Waals surface area contributed by atoms with E-state index in [-0.39, 0.29) is 17.2 Å². The summed E-state index contributed by atoms with van der Waals surface area (Å²) in [7, 11) is 0. The van der Waals surface area contributed by atoms with Gasteiger partial charge in [0.05, 0.1) is 32.4 Å². The molecule has 0 radical (unpaired) electrons. The van der Waals surface area contributed by atoms with Crippen LogP contribution in [0.15, 0.2) is 70.7 Å². The zero-order chi connectivity index (χ0) is 22.0. The molecule has 0 aliphatic rings. The fourth-order valence-corrected chi connectivity index (χ4v) is 4.27. The Hall–Kier alpha value is -2.87. The van der Waals surface area contributed by atoms with E-state index in [4.69, 9.17) is 23.2 Å². The Morgan fingerprint density at radius 1 is 1.10 bits per heavy atom. The number of hydrogen-bond donors (Lipinski definition) is 1. The second-order valence-corrected chi connectivity index (χ2v) is 8.43. The number of nitrogens with zero attached hydrogens (tertiary/aromatic N) is 3. The SMILES string of the molecule is Cc1ccnc(-n2c(SCC(=O)Nc3c(Cl)cccc3Cl)nc3ccccc3c2=O)c1. The number of hydrogen-bond acceptors (Lipinski definition) is 5. The molecular formula is C22H16Cl2N4O2S. The van der Waals surface area contributed by atoms with Gasteiger partial charge < -0.3 is 5.32 Å². The van der Waals surface area contributed by atoms with Crippen LogP contribution < -0.4 is 10.9 Å². The van der Waals surface area contributed by atoms with E-state index in [1.165, 1.54) is 4.57 Å². The van der Waals surface area contributed by atoms with Crippen molar-refractivity contribution >= 4 is 57.5 Å². The Balaban J connectivity index is 1.69. The molecule has 1 amide bonds. The maximum Gasteiger partial charge on any atom is 0.267 e. The van der Waals surface area contributed by atoms with E-state index in [2.05, 4.69) is 15.3 Å². The number of benzene rings is 2. The van der Waals surface area contributed by atoms with Gasteiger partial charge in [0.25, 0.3) is 5.56 Å². The molecule has 2 aromatic carbocycles. The first kappa shape index (κ1) is 21.4. The fraction of sp³-hybridized carbons (Fsp3) is 0.0909. The standard InChI is InChI=1S/C22H16Cl2N4O2S/c1-13-9-10-25-18(11-13)28-21(30)14-5-2-3-8-17(14)26-22(28)31-12-19(29)27-20-15(23)6-4-7-16(20)24/h2-11H,12H2,1H3,(H,27,29). The van der Waals surface area contributed by atoms with Crippen LogP contribution in [0, 0.1) is 6.92 Å². The van der Waals surface area contributed by atoms with E-state index >= 15 is 0 Å². The summed E-state index contributed by atoms with van der Waals surface area (Å²) in [5, 5.41) is 4.24. The minimum absolute atomic E-state index is 0.00184. The van der Waals surface area contributed by atoms with Crippen molar-refractivity contribution in [1.29, 1.82) is 0 Å². The van der Waals surface area contributed by atoms with Crippen molar-refractivity contribution in [1.82, 2.24) is 14.5 Å². The predicted octanol–water partition coefficient (Wildman–Crippen LogP) is 5.13. The Bertz CT molecular complexity index is 1340. The van der Waals surface area contributed by atoms with Crippen molar-refractivity contribution in [2.75, 3.05) is 11.1 Å². The number of nitrogens with one attached hydrogen (secondary N) is 1. The van der Waals surface area contributed by atoms with E-state index in [0.717, 1.165) is 17.3 Å². The van der Waals surface area contributed by atoms with Crippen molar-refractivity contribution in [3.63, 3.8) is 0 Å². The van der Waals surface area contributed by atoms with Crippen molar-refractivity contribution in [3.05, 3.63) is 86.8 Å². The second-order valence-electron chi connectivity index (χ2n) is 6.68. The van der Waals surface area contributed by atoms with Crippen molar-refractivity contribution in [2.45, 2.75) is 12.1 Å². The van der Waals surface area contributed by atoms with E-state index in [9.17, 15) is 9.59 Å². The third-order valence-electron chi connectivity index (χ3n) is 4.43. The molecule has 0 spiro atoms. The molecule has 0 atom stereocenters. The number of para-hydroxylation sites is 2. The minimum atomic E-state index is -0.328. The highest BCUT2D eigenvalue weighted by molar-refractivity contribution is 7.99. The largest absolute Gasteiger partial charge is 0.323 e. The van der Waals surface area contributed by atoms with Gasteiger partial charge in [0.2, 0.25) is 5.91 Å². The maximum absolute atomic E-state index is 13.2. The van der Waals surface area contributed by atoms with Crippen LogP contribution in [0.3, 0.4) is 0 Å². The number of thioether (sulfide) groups is 1. The number of pyridine rings is 1. The average molecular weight is 471 g/mol. The van der Waals surface area contributed by atoms with Gasteiger partial charge in [-0.25, -0.2) is 14.5 Å². The number of halogens is 2. The van der Waals surface area contributed by atoms with Crippen LogP contribution in [0.25, 0.3) is 16.7 Å². The Labute approximate surface area is 192 Å². The molecule has 0 bridgehead atoms. The normalized spacial score (nSPS) is 10.9. The zero-order valence-corrected chi connectivity index (χ0v) is 18.6. The summed E-state index contributed by atoms with van der Waals surface area (Å²) in [6.07, 6.45) is 1.63. The molecule has 156 valence electrons. The summed E-state index contributed by atoms with van der Waals surface area (Å²) >= 11 is 13.4. The molecule has 4 aromatic rings. The van der Waals surface area contributed by atoms with Gasteiger partial charge in [-0.1, -0.05) is 53.2 Å². The first-order valence-electron chi connectivity index (χ1n) is 9.25. The van der Waals surface area contributed by atoms with Gasteiger partial charge in [0.15, 0.2) is 5.16 Å². The lowest BCUT2D eigenvalue weighted by atomic mass is 10.2. The molecule has 31 heavy (non-hydrogen) atoms. The molecule has 2 aromatic heterocycles. The summed E-state index contributed by atoms with van der Waals surface area (Å²) in [6.45, 7) is 1.91. The summed E-state index contributed by atoms with van der Waals surface area (Å²) in [4.78, 5) is 34.7. The molecule has 1 N–H and O–H groups in total.